The van der Waals surface area contributed by atoms with Crippen LogP contribution >= 0.6 is 11.8 Å². The zero-order valence-electron chi connectivity index (χ0n) is 31.9. The Bertz CT molecular complexity index is 2150. The maximum atomic E-state index is 13.1. The molecule has 0 saturated carbocycles. The minimum Gasteiger partial charge on any atom is -0.481 e. The number of benzene rings is 1. The monoisotopic (exact) mass is 840 g/mol. The van der Waals surface area contributed by atoms with Crippen molar-refractivity contribution in [1.29, 1.82) is 0 Å². The van der Waals surface area contributed by atoms with E-state index in [9.17, 15) is 53.4 Å². The van der Waals surface area contributed by atoms with Gasteiger partial charge in [0.05, 0.1) is 30.1 Å². The fraction of sp³-hybridized carbons (Fsp3) is 0.429. The largest absolute Gasteiger partial charge is 0.481 e. The quantitative estimate of drug-likeness (QED) is 0.0502. The lowest BCUT2D eigenvalue weighted by molar-refractivity contribution is -0.142. The average Bonchev–Trinajstić information content (AvgIpc) is 3.47. The van der Waals surface area contributed by atoms with Gasteiger partial charge in [-0.15, -0.1) is 11.8 Å². The number of nitrogen functional groups attached to an aromatic ring is 1. The molecule has 1 fully saturated rings. The first kappa shape index (κ1) is 45.0. The Morgan fingerprint density at radius 3 is 2.27 bits per heavy atom. The van der Waals surface area contributed by atoms with Crippen LogP contribution in [0, 0.1) is 0 Å². The second kappa shape index (κ2) is 20.6. The number of thioether (sulfide) groups is 1. The molecular formula is C35H44N12O11S. The number of aliphatic carboxylic acids is 2. The van der Waals surface area contributed by atoms with Crippen LogP contribution in [0.25, 0.3) is 11.2 Å². The van der Waals surface area contributed by atoms with E-state index in [0.29, 0.717) is 16.9 Å². The molecule has 59 heavy (non-hydrogen) atoms. The number of likely N-dealkylation sites (tertiary alicyclic amines) is 1. The highest BCUT2D eigenvalue weighted by Crippen LogP contribution is 2.25. The second-order valence-corrected chi connectivity index (χ2v) is 14.5. The zero-order valence-corrected chi connectivity index (χ0v) is 32.7. The number of carboxylic acids is 2. The fourth-order valence-electron chi connectivity index (χ4n) is 5.64. The number of amides is 6. The van der Waals surface area contributed by atoms with Crippen LogP contribution in [0.15, 0.2) is 35.3 Å². The van der Waals surface area contributed by atoms with Crippen molar-refractivity contribution >= 4 is 81.9 Å². The van der Waals surface area contributed by atoms with E-state index in [2.05, 4.69) is 46.5 Å². The van der Waals surface area contributed by atoms with Crippen molar-refractivity contribution in [2.45, 2.75) is 75.5 Å². The molecule has 0 spiro atoms. The summed E-state index contributed by atoms with van der Waals surface area (Å²) in [6, 6.07) is 1.17. The van der Waals surface area contributed by atoms with Gasteiger partial charge in [-0.3, -0.25) is 48.2 Å². The maximum Gasteiger partial charge on any atom is 0.327 e. The van der Waals surface area contributed by atoms with Crippen molar-refractivity contribution < 1.29 is 48.6 Å². The summed E-state index contributed by atoms with van der Waals surface area (Å²) in [4.78, 5) is 127. The van der Waals surface area contributed by atoms with Crippen LogP contribution in [0.1, 0.15) is 55.6 Å². The highest BCUT2D eigenvalue weighted by Gasteiger charge is 2.39. The molecule has 0 aliphatic carbocycles. The molecule has 316 valence electrons. The highest BCUT2D eigenvalue weighted by molar-refractivity contribution is 8.00. The van der Waals surface area contributed by atoms with Crippen LogP contribution in [0.5, 0.6) is 0 Å². The van der Waals surface area contributed by atoms with Gasteiger partial charge in [-0.2, -0.15) is 4.98 Å². The van der Waals surface area contributed by atoms with E-state index in [0.717, 1.165) is 16.7 Å². The molecule has 5 atom stereocenters. The number of imide groups is 1. The molecular weight excluding hydrogens is 797 g/mol. The first-order valence-corrected chi connectivity index (χ1v) is 19.2. The number of rotatable bonds is 21. The summed E-state index contributed by atoms with van der Waals surface area (Å²) in [7, 11) is 0. The first-order valence-electron chi connectivity index (χ1n) is 18.2. The maximum absolute atomic E-state index is 13.1. The fourth-order valence-corrected chi connectivity index (χ4v) is 6.82. The van der Waals surface area contributed by atoms with Crippen molar-refractivity contribution in [2.24, 2.45) is 5.73 Å². The van der Waals surface area contributed by atoms with Crippen LogP contribution in [0.2, 0.25) is 0 Å². The predicted molar refractivity (Wildman–Crippen MR) is 210 cm³/mol. The van der Waals surface area contributed by atoms with E-state index in [1.165, 1.54) is 6.20 Å². The lowest BCUT2D eigenvalue weighted by atomic mass is 10.1. The number of nitrogens with zero attached hydrogens (tertiary/aromatic N) is 4. The van der Waals surface area contributed by atoms with Gasteiger partial charge in [0.15, 0.2) is 11.2 Å². The Labute approximate surface area is 339 Å². The molecule has 12 N–H and O–H groups in total. The van der Waals surface area contributed by atoms with Crippen molar-refractivity contribution in [1.82, 2.24) is 46.1 Å². The van der Waals surface area contributed by atoms with E-state index in [-0.39, 0.29) is 55.2 Å². The zero-order chi connectivity index (χ0) is 43.4. The Balaban J connectivity index is 1.24. The van der Waals surface area contributed by atoms with Crippen molar-refractivity contribution in [3.05, 3.63) is 52.1 Å². The number of H-pyrrole nitrogens is 1. The molecule has 0 radical (unpaired) electrons. The molecule has 6 amide bonds. The van der Waals surface area contributed by atoms with Gasteiger partial charge in [0.25, 0.3) is 11.5 Å². The summed E-state index contributed by atoms with van der Waals surface area (Å²) in [5.74, 6) is -7.42. The third-order valence-corrected chi connectivity index (χ3v) is 10.1. The molecule has 3 aromatic rings. The number of carbonyl (C=O) groups excluding carboxylic acids is 6. The number of carbonyl (C=O) groups is 8. The average molecular weight is 841 g/mol. The van der Waals surface area contributed by atoms with Gasteiger partial charge >= 0.3 is 11.9 Å². The van der Waals surface area contributed by atoms with Gasteiger partial charge in [-0.05, 0) is 44.5 Å². The van der Waals surface area contributed by atoms with Crippen molar-refractivity contribution in [3.63, 3.8) is 0 Å². The number of hydrogen-bond acceptors (Lipinski definition) is 16. The Kier molecular flexibility index (Phi) is 15.8. The Hall–Kier alpha value is -6.69. The summed E-state index contributed by atoms with van der Waals surface area (Å²) in [6.07, 6.45) is 0.321. The normalized spacial score (nSPS) is 15.8. The smallest absolute Gasteiger partial charge is 0.327 e. The standard InChI is InChI=1S/C35H44N12O11S/c1-3-47-25(49)11-23(33(47)56)59-15-22(34(57)58)44-31(54)21(12-36)43-30(53)20(10-26(50)51)42-24(48)9-4-16(2)40-29(52)17-5-7-18(8-6-17)38-13-19-14-39-28-27(41-19)32(55)46-35(37)45-28/h5-8,14,16,20-23,38H,3-4,9-13,15,36H2,1-2H3,(H,40,52)(H,42,48)(H,43,53)(H,44,54)(H,50,51)(H,57,58)(H3,37,39,45,46,55)/t16-,20+,21+,22+,23?/m1/s1. The molecule has 24 heteroatoms. The molecule has 0 bridgehead atoms. The first-order chi connectivity index (χ1) is 28.0. The highest BCUT2D eigenvalue weighted by atomic mass is 32.2. The molecule has 4 rings (SSSR count). The Morgan fingerprint density at radius 1 is 0.966 bits per heavy atom. The minimum absolute atomic E-state index is 0.0341. The van der Waals surface area contributed by atoms with Crippen LogP contribution < -0.4 is 43.6 Å². The lowest BCUT2D eigenvalue weighted by Gasteiger charge is -2.23. The van der Waals surface area contributed by atoms with Gasteiger partial charge in [0.2, 0.25) is 35.5 Å². The third-order valence-electron chi connectivity index (χ3n) is 8.79. The number of carboxylic acid groups (broad SMARTS) is 2. The Morgan fingerprint density at radius 2 is 1.64 bits per heavy atom. The number of nitrogens with two attached hydrogens (primary N) is 2. The van der Waals surface area contributed by atoms with Gasteiger partial charge in [0.1, 0.15) is 18.1 Å². The molecule has 1 aliphatic rings. The van der Waals surface area contributed by atoms with E-state index in [1.54, 1.807) is 38.1 Å². The van der Waals surface area contributed by atoms with Gasteiger partial charge < -0.3 is 48.3 Å². The van der Waals surface area contributed by atoms with Crippen molar-refractivity contribution in [2.75, 3.05) is 29.9 Å². The number of hydrogen-bond donors (Lipinski definition) is 10. The SMILES string of the molecule is CCN1C(=O)CC(SC[C@H](NC(=O)[C@H](CN)NC(=O)[C@H](CC(=O)O)NC(=O)CC[C@@H](C)NC(=O)c2ccc(NCc3cnc4nc(N)[nH]c(=O)c4n3)cc2)C(=O)O)C1=O. The molecule has 3 heterocycles. The second-order valence-electron chi connectivity index (χ2n) is 13.2. The van der Waals surface area contributed by atoms with Crippen LogP contribution in [0.4, 0.5) is 11.6 Å². The predicted octanol–water partition coefficient (Wildman–Crippen LogP) is -2.34. The number of nitrogens with one attached hydrogen (secondary N) is 6. The molecule has 1 aliphatic heterocycles. The van der Waals surface area contributed by atoms with Crippen LogP contribution in [-0.2, 0) is 40.1 Å². The molecule has 1 unspecified atom stereocenters. The lowest BCUT2D eigenvalue weighted by Crippen LogP contribution is -2.58. The van der Waals surface area contributed by atoms with Crippen LogP contribution in [0.3, 0.4) is 0 Å². The van der Waals surface area contributed by atoms with Gasteiger partial charge in [-0.1, -0.05) is 0 Å². The summed E-state index contributed by atoms with van der Waals surface area (Å²) < 4.78 is 0. The molecule has 2 aromatic heterocycles. The van der Waals surface area contributed by atoms with Crippen molar-refractivity contribution in [3.8, 4) is 0 Å². The number of aromatic amines is 1. The molecule has 1 aromatic carbocycles. The summed E-state index contributed by atoms with van der Waals surface area (Å²) in [5, 5.41) is 30.9. The van der Waals surface area contributed by atoms with Gasteiger partial charge in [0, 0.05) is 49.0 Å². The number of fused-ring (bicyclic) bond motifs is 1. The third kappa shape index (κ3) is 12.6. The van der Waals surface area contributed by atoms with E-state index < -0.39 is 95.3 Å². The summed E-state index contributed by atoms with van der Waals surface area (Å²) in [5.41, 5.74) is 12.2. The minimum atomic E-state index is -1.65. The summed E-state index contributed by atoms with van der Waals surface area (Å²) >= 11 is 0.876. The summed E-state index contributed by atoms with van der Waals surface area (Å²) in [6.45, 7) is 3.11. The number of anilines is 2. The van der Waals surface area contributed by atoms with E-state index in [1.807, 2.05) is 0 Å². The van der Waals surface area contributed by atoms with Gasteiger partial charge in [-0.25, -0.2) is 14.8 Å². The van der Waals surface area contributed by atoms with E-state index >= 15 is 0 Å². The van der Waals surface area contributed by atoms with E-state index in [4.69, 9.17) is 11.5 Å². The number of aromatic nitrogens is 4. The topological polar surface area (TPSA) is 364 Å². The van der Waals surface area contributed by atoms with Crippen LogP contribution in [-0.4, -0.2) is 131 Å². The molecule has 23 nitrogen and oxygen atoms in total. The molecule has 1 saturated heterocycles.